The van der Waals surface area contributed by atoms with E-state index in [-0.39, 0.29) is 44.1 Å². The number of nitroso groups, excluding NO2 is 2. The molecule has 0 aromatic carbocycles. The van der Waals surface area contributed by atoms with Crippen molar-refractivity contribution in [2.24, 2.45) is 10.4 Å². The maximum absolute atomic E-state index is 9.65. The molecule has 0 saturated carbocycles. The van der Waals surface area contributed by atoms with E-state index in [4.69, 9.17) is 10.4 Å². The molecular formula is C14H25CoHgI2N5O4S-2. The van der Waals surface area contributed by atoms with Crippen molar-refractivity contribution in [2.45, 2.75) is 27.7 Å². The zero-order chi connectivity index (χ0) is 22.1. The minimum absolute atomic E-state index is 0. The Morgan fingerprint density at radius 3 is 1.43 bits per heavy atom. The summed E-state index contributed by atoms with van der Waals surface area (Å²) >= 11 is 8.93. The minimum atomic E-state index is -0.143. The van der Waals surface area contributed by atoms with Gasteiger partial charge in [0.15, 0.2) is 0 Å². The molecule has 1 heterocycles. The second-order valence-corrected chi connectivity index (χ2v) is 43.9. The summed E-state index contributed by atoms with van der Waals surface area (Å²) in [6, 6.07) is 0. The number of hydrogen-bond donors (Lipinski definition) is 4. The predicted molar refractivity (Wildman–Crippen MR) is 126 cm³/mol. The first-order valence-electron chi connectivity index (χ1n) is 7.19. The fourth-order valence-corrected chi connectivity index (χ4v) is 0.670. The number of nitrogens with one attached hydrogen (secondary N) is 2. The first kappa shape index (κ1) is 39.2. The topological polar surface area (TPSA) is 137 Å². The number of halogens is 2. The van der Waals surface area contributed by atoms with Crippen LogP contribution < -0.4 is 11.0 Å². The molecule has 0 aromatic rings. The van der Waals surface area contributed by atoms with Crippen molar-refractivity contribution in [3.8, 4) is 0 Å². The van der Waals surface area contributed by atoms with E-state index in [0.717, 1.165) is 6.54 Å². The zero-order valence-electron chi connectivity index (χ0n) is 16.3. The van der Waals surface area contributed by atoms with Crippen LogP contribution in [0.25, 0.3) is 5.32 Å². The van der Waals surface area contributed by atoms with Crippen molar-refractivity contribution in [1.29, 1.82) is 0 Å². The van der Waals surface area contributed by atoms with Gasteiger partial charge in [-0.25, -0.2) is 0 Å². The van der Waals surface area contributed by atoms with Gasteiger partial charge in [-0.3, -0.25) is 21.4 Å². The van der Waals surface area contributed by atoms with E-state index >= 15 is 0 Å². The fourth-order valence-electron chi connectivity index (χ4n) is 0.670. The molecule has 1 radical (unpaired) electrons. The van der Waals surface area contributed by atoms with Crippen LogP contribution in [0.2, 0.25) is 0 Å². The Balaban J connectivity index is -0.0000000837. The number of rotatable bonds is 4. The van der Waals surface area contributed by atoms with Crippen molar-refractivity contribution >= 4 is 48.0 Å². The van der Waals surface area contributed by atoms with Gasteiger partial charge in [0.1, 0.15) is 11.4 Å². The van der Waals surface area contributed by atoms with Crippen LogP contribution >= 0.6 is 35.3 Å². The van der Waals surface area contributed by atoms with Gasteiger partial charge >= 0.3 is 51.2 Å². The second kappa shape index (κ2) is 35.2. The molecule has 0 saturated heterocycles. The molecular weight excluding hydrogens is 848 g/mol. The number of allylic oxidation sites excluding steroid dienone is 6. The van der Waals surface area contributed by atoms with Crippen LogP contribution in [-0.2, 0) is 45.3 Å². The van der Waals surface area contributed by atoms with Gasteiger partial charge in [-0.15, -0.1) is 22.4 Å². The van der Waals surface area contributed by atoms with E-state index < -0.39 is 0 Å². The molecule has 0 spiro atoms. The van der Waals surface area contributed by atoms with E-state index in [1.807, 2.05) is 18.2 Å². The summed E-state index contributed by atoms with van der Waals surface area (Å²) in [6.45, 7) is 6.97. The van der Waals surface area contributed by atoms with Gasteiger partial charge in [-0.05, 0) is 38.0 Å². The summed E-state index contributed by atoms with van der Waals surface area (Å²) in [6.07, 6.45) is 9.32. The Bertz CT molecular complexity index is 456. The molecule has 0 unspecified atom stereocenters. The summed E-state index contributed by atoms with van der Waals surface area (Å²) < 4.78 is 0. The Morgan fingerprint density at radius 1 is 1.00 bits per heavy atom. The molecule has 28 heavy (non-hydrogen) atoms. The average molecular weight is 873 g/mol. The molecule has 4 N–H and O–H groups in total. The molecule has 0 atom stereocenters. The number of nitrogens with zero attached hydrogens (tertiary/aromatic N) is 3. The first-order chi connectivity index (χ1) is 12.9. The summed E-state index contributed by atoms with van der Waals surface area (Å²) in [5.74, 6) is 0. The van der Waals surface area contributed by atoms with Crippen molar-refractivity contribution < 1.29 is 43.1 Å². The molecule has 1 aliphatic rings. The third-order valence-electron chi connectivity index (χ3n) is 2.34. The van der Waals surface area contributed by atoms with Crippen LogP contribution in [-0.4, -0.2) is 23.2 Å². The molecule has 0 amide bonds. The Kier molecular flexibility index (Phi) is 49.3. The van der Waals surface area contributed by atoms with E-state index in [0.29, 0.717) is 11.4 Å². The van der Waals surface area contributed by atoms with Gasteiger partial charge in [-0.1, -0.05) is 12.2 Å². The quantitative estimate of drug-likeness (QED) is 0.0986. The average Bonchev–Trinajstić information content (AvgIpc) is 2.75. The van der Waals surface area contributed by atoms with Crippen LogP contribution in [0.15, 0.2) is 57.6 Å². The third kappa shape index (κ3) is 34.3. The standard InChI is InChI=1S/C5H6N.2C4H8N2O2.CH4S.Co.Hg.2HI/c1-2-4-6-5-3-1;2*1-3(5-7)4(2)6-8;1-2;;;;/h1-4H,5H2;2*5,7H,1-2H3;2H,1H3;;;2*1H/q-1;;;;;+2;;/p-3. The summed E-state index contributed by atoms with van der Waals surface area (Å²) in [4.78, 5) is 19.3. The van der Waals surface area contributed by atoms with E-state index in [1.165, 1.54) is 13.8 Å². The van der Waals surface area contributed by atoms with Crippen molar-refractivity contribution in [3.63, 3.8) is 0 Å². The number of hydroxylamine groups is 2. The second-order valence-electron chi connectivity index (χ2n) is 4.06. The molecule has 1 aliphatic heterocycles. The normalized spacial score (nSPS) is 11.4. The van der Waals surface area contributed by atoms with E-state index in [2.05, 4.69) is 63.6 Å². The van der Waals surface area contributed by atoms with Crippen LogP contribution in [0, 0.1) is 9.81 Å². The van der Waals surface area contributed by atoms with Crippen molar-refractivity contribution in [3.05, 3.63) is 62.3 Å². The van der Waals surface area contributed by atoms with E-state index in [1.54, 1.807) is 37.3 Å². The van der Waals surface area contributed by atoms with Crippen LogP contribution in [0.1, 0.15) is 27.7 Å². The molecule has 9 nitrogen and oxygen atoms in total. The first-order valence-corrected chi connectivity index (χ1v) is 38.9. The van der Waals surface area contributed by atoms with Gasteiger partial charge in [0.2, 0.25) is 0 Å². The van der Waals surface area contributed by atoms with E-state index in [9.17, 15) is 9.81 Å². The summed E-state index contributed by atoms with van der Waals surface area (Å²) in [5, 5.41) is 25.3. The molecule has 0 aromatic heterocycles. The SMILES string of the molecule is C1=CC[N-]C=C1.CC(N=O)=C(C)NO.CC(N=O)=C(C)NO.C[S-].[Co].[I][Hg][I]. The van der Waals surface area contributed by atoms with Crippen molar-refractivity contribution in [1.82, 2.24) is 11.0 Å². The van der Waals surface area contributed by atoms with Gasteiger partial charge in [0.25, 0.3) is 0 Å². The number of hydrogen-bond acceptors (Lipinski definition) is 9. The molecule has 0 fully saturated rings. The van der Waals surface area contributed by atoms with Gasteiger partial charge in [0, 0.05) is 16.8 Å². The maximum atomic E-state index is 9.65. The zero-order valence-corrected chi connectivity index (χ0v) is 27.9. The van der Waals surface area contributed by atoms with Gasteiger partial charge < -0.3 is 17.9 Å². The monoisotopic (exact) mass is 874 g/mol. The third-order valence-corrected chi connectivity index (χ3v) is 2.34. The van der Waals surface area contributed by atoms with Crippen LogP contribution in [0.5, 0.6) is 0 Å². The summed E-state index contributed by atoms with van der Waals surface area (Å²) in [7, 11) is 0. The Labute approximate surface area is 212 Å². The molecule has 0 bridgehead atoms. The molecule has 1 rings (SSSR count). The molecule has 163 valence electrons. The van der Waals surface area contributed by atoms with Crippen molar-refractivity contribution in [2.75, 3.05) is 12.8 Å². The Hall–Kier alpha value is 0.732. The van der Waals surface area contributed by atoms with Crippen LogP contribution in [0.3, 0.4) is 0 Å². The summed E-state index contributed by atoms with van der Waals surface area (Å²) in [5.41, 5.74) is 4.87. The predicted octanol–water partition coefficient (Wildman–Crippen LogP) is 5.34. The molecule has 14 heteroatoms. The fraction of sp³-hybridized carbons (Fsp3) is 0.429. The molecule has 0 aliphatic carbocycles. The Morgan fingerprint density at radius 2 is 1.36 bits per heavy atom. The van der Waals surface area contributed by atoms with Gasteiger partial charge in [0.05, 0.1) is 11.4 Å². The van der Waals surface area contributed by atoms with Gasteiger partial charge in [-0.2, -0.15) is 12.5 Å². The van der Waals surface area contributed by atoms with Crippen LogP contribution in [0.4, 0.5) is 0 Å².